The van der Waals surface area contributed by atoms with Gasteiger partial charge in [0, 0.05) is 28.5 Å². The van der Waals surface area contributed by atoms with Gasteiger partial charge in [-0.25, -0.2) is 19.7 Å². The first-order valence-electron chi connectivity index (χ1n) is 22.1. The molecule has 10 atom stereocenters. The van der Waals surface area contributed by atoms with Crippen molar-refractivity contribution in [2.45, 2.75) is 132 Å². The van der Waals surface area contributed by atoms with Crippen molar-refractivity contribution in [1.82, 2.24) is 46.1 Å². The number of alkyl halides is 1. The molecule has 2 aromatic heterocycles. The second kappa shape index (κ2) is 23.4. The Morgan fingerprint density at radius 1 is 0.955 bits per heavy atom. The van der Waals surface area contributed by atoms with Gasteiger partial charge in [-0.15, -0.1) is 0 Å². The van der Waals surface area contributed by atoms with Crippen LogP contribution in [0.5, 0.6) is 0 Å². The predicted octanol–water partition coefficient (Wildman–Crippen LogP) is 0.737. The highest BCUT2D eigenvalue weighted by atomic mass is 127. The summed E-state index contributed by atoms with van der Waals surface area (Å²) in [5, 5.41) is 47.5. The molecular formula is C43H60IN11O12. The molecule has 7 amide bonds. The third-order valence-corrected chi connectivity index (χ3v) is 13.8. The molecule has 0 aliphatic carbocycles. The van der Waals surface area contributed by atoms with E-state index in [0.29, 0.717) is 22.4 Å². The van der Waals surface area contributed by atoms with Crippen molar-refractivity contribution in [1.29, 1.82) is 0 Å². The number of amides is 7. The molecule has 3 aromatic rings. The molecule has 23 nitrogen and oxygen atoms in total. The van der Waals surface area contributed by atoms with E-state index in [1.165, 1.54) is 26.5 Å². The van der Waals surface area contributed by atoms with E-state index in [1.807, 2.05) is 13.8 Å². The molecule has 2 saturated heterocycles. The smallest absolute Gasteiger partial charge is 0.408 e. The standard InChI is InChI=1S/C43H60IN11O12/c1-7-14-43(44,8-2)26-16-29(58)55(41(26)64)15-13-28(57)52-30(21(3)4)39(63)49-22(5)37(61)51-25-11-9-24(10-12-25)18-66-42(65)50-23(6)38(62)53-31-27(17-56)67-40(34(60)33(31)59)54-36-32-35(46-19-45-32)47-20-48-36/h9-12,19-23,26-27,30-31,33-34,40,56,59-60H,7-8,13-18H2,1-6H3,(H,49,63)(H,50,65)(H,51,61)(H,52,57)(H,53,62)(H2,45,46,47,48,54)/t22-,23-,26?,27-,30-,31-,33+,34-,40-,43?/m0/s1. The number of benzene rings is 1. The summed E-state index contributed by atoms with van der Waals surface area (Å²) >= 11 is 2.29. The molecule has 67 heavy (non-hydrogen) atoms. The van der Waals surface area contributed by atoms with Crippen molar-refractivity contribution in [3.63, 3.8) is 0 Å². The number of hydrogen-bond donors (Lipinski definition) is 10. The number of imide groups is 1. The summed E-state index contributed by atoms with van der Waals surface area (Å²) in [6.07, 6.45) is -1.62. The summed E-state index contributed by atoms with van der Waals surface area (Å²) in [5.74, 6) is -3.63. The number of anilines is 2. The molecule has 4 heterocycles. The van der Waals surface area contributed by atoms with Gasteiger partial charge < -0.3 is 61.7 Å². The molecule has 0 saturated carbocycles. The summed E-state index contributed by atoms with van der Waals surface area (Å²) < 4.78 is 10.7. The van der Waals surface area contributed by atoms with Crippen LogP contribution in [0, 0.1) is 11.8 Å². The summed E-state index contributed by atoms with van der Waals surface area (Å²) in [4.78, 5) is 107. The average Bonchev–Trinajstić information content (AvgIpc) is 3.90. The van der Waals surface area contributed by atoms with E-state index < -0.39 is 91.0 Å². The number of carbonyl (C=O) groups excluding carboxylic acids is 7. The number of likely N-dealkylation sites (tertiary alicyclic amines) is 1. The van der Waals surface area contributed by atoms with Crippen LogP contribution in [0.1, 0.15) is 79.2 Å². The van der Waals surface area contributed by atoms with E-state index in [-0.39, 0.29) is 53.0 Å². The summed E-state index contributed by atoms with van der Waals surface area (Å²) in [6.45, 7) is 9.37. The number of ether oxygens (including phenoxy) is 2. The zero-order chi connectivity index (χ0) is 49.2. The molecular weight excluding hydrogens is 989 g/mol. The van der Waals surface area contributed by atoms with E-state index in [2.05, 4.69) is 74.4 Å². The lowest BCUT2D eigenvalue weighted by atomic mass is 9.85. The minimum atomic E-state index is -1.61. The lowest BCUT2D eigenvalue weighted by Gasteiger charge is -2.43. The zero-order valence-corrected chi connectivity index (χ0v) is 40.2. The van der Waals surface area contributed by atoms with Crippen LogP contribution >= 0.6 is 22.6 Å². The van der Waals surface area contributed by atoms with Crippen LogP contribution in [0.25, 0.3) is 11.2 Å². The van der Waals surface area contributed by atoms with Gasteiger partial charge in [-0.05, 0) is 50.3 Å². The maximum atomic E-state index is 13.3. The molecule has 5 rings (SSSR count). The fourth-order valence-corrected chi connectivity index (χ4v) is 8.81. The number of nitrogens with one attached hydrogen (secondary N) is 7. The molecule has 366 valence electrons. The van der Waals surface area contributed by atoms with E-state index in [0.717, 1.165) is 24.2 Å². The molecule has 2 unspecified atom stereocenters. The van der Waals surface area contributed by atoms with Crippen LogP contribution in [-0.4, -0.2) is 147 Å². The number of aliphatic hydroxyl groups is 3. The Bertz CT molecular complexity index is 2250. The van der Waals surface area contributed by atoms with Gasteiger partial charge in [-0.1, -0.05) is 68.8 Å². The van der Waals surface area contributed by atoms with E-state index in [1.54, 1.807) is 38.1 Å². The molecule has 0 radical (unpaired) electrons. The minimum Gasteiger partial charge on any atom is -0.445 e. The van der Waals surface area contributed by atoms with Gasteiger partial charge in [-0.3, -0.25) is 33.7 Å². The number of halogens is 1. The Morgan fingerprint density at radius 3 is 2.31 bits per heavy atom. The fraction of sp³-hybridized carbons (Fsp3) is 0.581. The van der Waals surface area contributed by atoms with Crippen LogP contribution in [0.15, 0.2) is 36.9 Å². The number of H-pyrrole nitrogens is 1. The Balaban J connectivity index is 1.03. The second-order valence-electron chi connectivity index (χ2n) is 16.9. The summed E-state index contributed by atoms with van der Waals surface area (Å²) in [6, 6.07) is 1.79. The summed E-state index contributed by atoms with van der Waals surface area (Å²) in [7, 11) is 0. The first-order valence-corrected chi connectivity index (χ1v) is 23.2. The number of aromatic amines is 1. The molecule has 2 fully saturated rings. The second-order valence-corrected chi connectivity index (χ2v) is 19.1. The van der Waals surface area contributed by atoms with Gasteiger partial charge in [-0.2, -0.15) is 0 Å². The first kappa shape index (κ1) is 52.4. The topological polar surface area (TPSA) is 329 Å². The van der Waals surface area contributed by atoms with E-state index in [4.69, 9.17) is 9.47 Å². The average molecular weight is 1050 g/mol. The number of aromatic nitrogens is 4. The van der Waals surface area contributed by atoms with Crippen LogP contribution in [0.3, 0.4) is 0 Å². The molecule has 1 aromatic carbocycles. The van der Waals surface area contributed by atoms with Crippen molar-refractivity contribution in [2.75, 3.05) is 23.8 Å². The van der Waals surface area contributed by atoms with E-state index >= 15 is 0 Å². The van der Waals surface area contributed by atoms with Crippen LogP contribution in [0.4, 0.5) is 16.3 Å². The van der Waals surface area contributed by atoms with Crippen LogP contribution < -0.4 is 31.9 Å². The Labute approximate surface area is 400 Å². The van der Waals surface area contributed by atoms with Gasteiger partial charge in [0.1, 0.15) is 54.9 Å². The van der Waals surface area contributed by atoms with Gasteiger partial charge in [0.25, 0.3) is 0 Å². The van der Waals surface area contributed by atoms with Gasteiger partial charge in [0.2, 0.25) is 35.4 Å². The molecule has 10 N–H and O–H groups in total. The zero-order valence-electron chi connectivity index (χ0n) is 38.1. The number of alkyl carbamates (subject to hydrolysis) is 1. The number of aliphatic hydroxyl groups excluding tert-OH is 3. The fourth-order valence-electron chi connectivity index (χ4n) is 7.78. The number of rotatable bonds is 21. The Kier molecular flexibility index (Phi) is 18.3. The molecule has 2 aliphatic heterocycles. The molecule has 0 bridgehead atoms. The third-order valence-electron chi connectivity index (χ3n) is 11.8. The van der Waals surface area contributed by atoms with Crippen LogP contribution in [0.2, 0.25) is 0 Å². The first-order chi connectivity index (χ1) is 31.8. The minimum absolute atomic E-state index is 0.0995. The number of imidazole rings is 1. The van der Waals surface area contributed by atoms with Gasteiger partial charge in [0.15, 0.2) is 17.7 Å². The van der Waals surface area contributed by atoms with Crippen molar-refractivity contribution in [2.24, 2.45) is 11.8 Å². The molecule has 24 heteroatoms. The highest BCUT2D eigenvalue weighted by molar-refractivity contribution is 14.1. The van der Waals surface area contributed by atoms with Crippen molar-refractivity contribution in [3.8, 4) is 0 Å². The van der Waals surface area contributed by atoms with Crippen molar-refractivity contribution >= 4 is 86.8 Å². The third kappa shape index (κ3) is 13.1. The SMILES string of the molecule is CCCC(I)(CC)C1CC(=O)N(CCC(=O)N[C@H](C(=O)N[C@@H](C)C(=O)Nc2ccc(COC(=O)N[C@@H](C)C(=O)N[C@@H]3[C@@H](O)[C@H](O)[C@@H](Nc4ncnc5nc[nH]c45)O[C@H]3CO)cc2)C(C)C)C1=O. The Hall–Kier alpha value is -5.57. The van der Waals surface area contributed by atoms with Crippen molar-refractivity contribution in [3.05, 3.63) is 42.5 Å². The highest BCUT2D eigenvalue weighted by Crippen LogP contribution is 2.42. The van der Waals surface area contributed by atoms with E-state index in [9.17, 15) is 48.9 Å². The maximum absolute atomic E-state index is 13.3. The van der Waals surface area contributed by atoms with Crippen LogP contribution in [-0.2, 0) is 44.8 Å². The summed E-state index contributed by atoms with van der Waals surface area (Å²) in [5.41, 5.74) is 1.64. The predicted molar refractivity (Wildman–Crippen MR) is 249 cm³/mol. The normalized spacial score (nSPS) is 22.9. The largest absolute Gasteiger partial charge is 0.445 e. The van der Waals surface area contributed by atoms with Gasteiger partial charge in [0.05, 0.1) is 24.9 Å². The highest BCUT2D eigenvalue weighted by Gasteiger charge is 2.49. The molecule has 2 aliphatic rings. The number of hydrogen-bond acceptors (Lipinski definition) is 16. The Morgan fingerprint density at radius 2 is 1.66 bits per heavy atom. The molecule has 0 spiro atoms. The number of carbonyl (C=O) groups is 7. The lowest BCUT2D eigenvalue weighted by molar-refractivity contribution is -0.185. The monoisotopic (exact) mass is 1050 g/mol. The quantitative estimate of drug-likeness (QED) is 0.0400. The van der Waals surface area contributed by atoms with Gasteiger partial charge >= 0.3 is 6.09 Å². The van der Waals surface area contributed by atoms with Crippen molar-refractivity contribution < 1.29 is 58.4 Å². The number of nitrogens with zero attached hydrogens (tertiary/aromatic N) is 4. The number of fused-ring (bicyclic) bond motifs is 1. The maximum Gasteiger partial charge on any atom is 0.408 e. The lowest BCUT2D eigenvalue weighted by Crippen LogP contribution is -2.67.